The number of hydrogen-bond donors (Lipinski definition) is 1. The van der Waals surface area contributed by atoms with E-state index in [2.05, 4.69) is 24.4 Å². The van der Waals surface area contributed by atoms with Gasteiger partial charge in [0, 0.05) is 18.0 Å². The van der Waals surface area contributed by atoms with Gasteiger partial charge in [0.15, 0.2) is 0 Å². The molecule has 17 heavy (non-hydrogen) atoms. The Morgan fingerprint density at radius 3 is 2.82 bits per heavy atom. The lowest BCUT2D eigenvalue weighted by Gasteiger charge is -2.16. The number of methoxy groups -OCH3 is 1. The predicted octanol–water partition coefficient (Wildman–Crippen LogP) is 3.04. The van der Waals surface area contributed by atoms with Crippen molar-refractivity contribution in [3.05, 3.63) is 29.8 Å². The second-order valence-electron chi connectivity index (χ2n) is 4.03. The lowest BCUT2D eigenvalue weighted by molar-refractivity contribution is 0.401. The zero-order valence-corrected chi connectivity index (χ0v) is 10.6. The van der Waals surface area contributed by atoms with Gasteiger partial charge in [-0.3, -0.25) is 0 Å². The van der Waals surface area contributed by atoms with Gasteiger partial charge in [-0.25, -0.2) is 0 Å². The molecule has 0 aromatic heterocycles. The smallest absolute Gasteiger partial charge is 0.123 e. The van der Waals surface area contributed by atoms with E-state index in [0.717, 1.165) is 25.1 Å². The average Bonchev–Trinajstić information content (AvgIpc) is 2.38. The molecule has 92 valence electrons. The number of rotatable bonds is 7. The Morgan fingerprint density at radius 1 is 1.35 bits per heavy atom. The number of nitrogens with one attached hydrogen (secondary N) is 1. The van der Waals surface area contributed by atoms with Crippen molar-refractivity contribution in [2.45, 2.75) is 32.2 Å². The third-order valence-corrected chi connectivity index (χ3v) is 2.77. The molecule has 0 aliphatic heterocycles. The summed E-state index contributed by atoms with van der Waals surface area (Å²) in [6, 6.07) is 10.5. The van der Waals surface area contributed by atoms with Gasteiger partial charge in [-0.15, -0.1) is 0 Å². The molecule has 0 amide bonds. The Hall–Kier alpha value is -1.53. The second kappa shape index (κ2) is 7.70. The van der Waals surface area contributed by atoms with Crippen LogP contribution < -0.4 is 10.1 Å². The van der Waals surface area contributed by atoms with Gasteiger partial charge in [0.05, 0.1) is 13.2 Å². The molecule has 0 saturated heterocycles. The van der Waals surface area contributed by atoms with E-state index in [9.17, 15) is 0 Å². The van der Waals surface area contributed by atoms with E-state index in [1.165, 1.54) is 5.56 Å². The number of nitriles is 1. The number of benzene rings is 1. The molecule has 0 saturated carbocycles. The van der Waals surface area contributed by atoms with Crippen molar-refractivity contribution < 1.29 is 4.74 Å². The van der Waals surface area contributed by atoms with Crippen LogP contribution in [-0.2, 0) is 0 Å². The maximum absolute atomic E-state index is 8.43. The molecule has 0 heterocycles. The summed E-state index contributed by atoms with van der Waals surface area (Å²) < 4.78 is 5.33. The summed E-state index contributed by atoms with van der Waals surface area (Å²) >= 11 is 0. The first kappa shape index (κ1) is 13.5. The first-order chi connectivity index (χ1) is 8.29. The van der Waals surface area contributed by atoms with Crippen molar-refractivity contribution in [3.63, 3.8) is 0 Å². The second-order valence-corrected chi connectivity index (χ2v) is 4.03. The van der Waals surface area contributed by atoms with Crippen LogP contribution in [-0.4, -0.2) is 13.7 Å². The topological polar surface area (TPSA) is 45.0 Å². The molecule has 1 atom stereocenters. The van der Waals surface area contributed by atoms with Crippen LogP contribution in [0, 0.1) is 11.3 Å². The molecule has 0 radical (unpaired) electrons. The zero-order chi connectivity index (χ0) is 12.5. The van der Waals surface area contributed by atoms with Crippen LogP contribution in [0.1, 0.15) is 37.8 Å². The van der Waals surface area contributed by atoms with Gasteiger partial charge in [-0.1, -0.05) is 18.2 Å². The fourth-order valence-corrected chi connectivity index (χ4v) is 1.78. The van der Waals surface area contributed by atoms with Gasteiger partial charge in [0.25, 0.3) is 0 Å². The van der Waals surface area contributed by atoms with Crippen LogP contribution >= 0.6 is 0 Å². The SMILES string of the molecule is COc1ccccc1[C@@H](C)NCCCCC#N. The molecule has 0 aliphatic rings. The van der Waals surface area contributed by atoms with Crippen LogP contribution in [0.3, 0.4) is 0 Å². The van der Waals surface area contributed by atoms with Crippen molar-refractivity contribution >= 4 is 0 Å². The van der Waals surface area contributed by atoms with Gasteiger partial charge >= 0.3 is 0 Å². The summed E-state index contributed by atoms with van der Waals surface area (Å²) in [7, 11) is 1.69. The van der Waals surface area contributed by atoms with Crippen molar-refractivity contribution in [2.75, 3.05) is 13.7 Å². The first-order valence-electron chi connectivity index (χ1n) is 6.03. The van der Waals surface area contributed by atoms with Crippen molar-refractivity contribution in [1.29, 1.82) is 5.26 Å². The highest BCUT2D eigenvalue weighted by Crippen LogP contribution is 2.24. The van der Waals surface area contributed by atoms with Crippen LogP contribution in [0.2, 0.25) is 0 Å². The van der Waals surface area contributed by atoms with E-state index >= 15 is 0 Å². The molecule has 0 fully saturated rings. The maximum atomic E-state index is 8.43. The Labute approximate surface area is 103 Å². The van der Waals surface area contributed by atoms with E-state index in [1.807, 2.05) is 18.2 Å². The summed E-state index contributed by atoms with van der Waals surface area (Å²) in [5.41, 5.74) is 1.18. The maximum Gasteiger partial charge on any atom is 0.123 e. The molecule has 1 N–H and O–H groups in total. The van der Waals surface area contributed by atoms with Crippen LogP contribution in [0.5, 0.6) is 5.75 Å². The first-order valence-corrected chi connectivity index (χ1v) is 6.03. The third kappa shape index (κ3) is 4.46. The quantitative estimate of drug-likeness (QED) is 0.735. The van der Waals surface area contributed by atoms with E-state index in [0.29, 0.717) is 6.42 Å². The van der Waals surface area contributed by atoms with Crippen LogP contribution in [0.4, 0.5) is 0 Å². The largest absolute Gasteiger partial charge is 0.496 e. The van der Waals surface area contributed by atoms with Crippen LogP contribution in [0.15, 0.2) is 24.3 Å². The summed E-state index contributed by atoms with van der Waals surface area (Å²) in [4.78, 5) is 0. The molecule has 3 heteroatoms. The Bertz CT molecular complexity index is 371. The fraction of sp³-hybridized carbons (Fsp3) is 0.500. The van der Waals surface area contributed by atoms with Gasteiger partial charge in [0.1, 0.15) is 5.75 Å². The summed E-state index contributed by atoms with van der Waals surface area (Å²) in [6.07, 6.45) is 2.64. The van der Waals surface area contributed by atoms with Crippen molar-refractivity contribution in [2.24, 2.45) is 0 Å². The highest BCUT2D eigenvalue weighted by molar-refractivity contribution is 5.35. The molecule has 0 bridgehead atoms. The molecular weight excluding hydrogens is 212 g/mol. The molecule has 3 nitrogen and oxygen atoms in total. The van der Waals surface area contributed by atoms with E-state index < -0.39 is 0 Å². The Kier molecular flexibility index (Phi) is 6.13. The fourth-order valence-electron chi connectivity index (χ4n) is 1.78. The third-order valence-electron chi connectivity index (χ3n) is 2.77. The average molecular weight is 232 g/mol. The minimum Gasteiger partial charge on any atom is -0.496 e. The molecule has 0 spiro atoms. The van der Waals surface area contributed by atoms with Gasteiger partial charge < -0.3 is 10.1 Å². The van der Waals surface area contributed by atoms with Crippen LogP contribution in [0.25, 0.3) is 0 Å². The van der Waals surface area contributed by atoms with Crippen molar-refractivity contribution in [3.8, 4) is 11.8 Å². The number of nitrogens with zero attached hydrogens (tertiary/aromatic N) is 1. The Balaban J connectivity index is 2.41. The lowest BCUT2D eigenvalue weighted by Crippen LogP contribution is -2.20. The van der Waals surface area contributed by atoms with E-state index in [4.69, 9.17) is 10.00 Å². The number of hydrogen-bond acceptors (Lipinski definition) is 3. The predicted molar refractivity (Wildman–Crippen MR) is 68.9 cm³/mol. The van der Waals surface area contributed by atoms with Gasteiger partial charge in [0.2, 0.25) is 0 Å². The molecular formula is C14H20N2O. The lowest BCUT2D eigenvalue weighted by atomic mass is 10.1. The molecule has 0 aliphatic carbocycles. The normalized spacial score (nSPS) is 11.8. The number of unbranched alkanes of at least 4 members (excludes halogenated alkanes) is 2. The monoisotopic (exact) mass is 232 g/mol. The number of ether oxygens (including phenoxy) is 1. The van der Waals surface area contributed by atoms with E-state index in [-0.39, 0.29) is 6.04 Å². The standard InChI is InChI=1S/C14H20N2O/c1-12(16-11-7-3-6-10-15)13-8-4-5-9-14(13)17-2/h4-5,8-9,12,16H,3,6-7,11H2,1-2H3/t12-/m1/s1. The highest BCUT2D eigenvalue weighted by atomic mass is 16.5. The number of para-hydroxylation sites is 1. The van der Waals surface area contributed by atoms with Gasteiger partial charge in [-0.2, -0.15) is 5.26 Å². The highest BCUT2D eigenvalue weighted by Gasteiger charge is 2.09. The summed E-state index contributed by atoms with van der Waals surface area (Å²) in [6.45, 7) is 3.06. The van der Waals surface area contributed by atoms with Crippen molar-refractivity contribution in [1.82, 2.24) is 5.32 Å². The minimum absolute atomic E-state index is 0.272. The molecule has 1 aromatic rings. The summed E-state index contributed by atoms with van der Waals surface area (Å²) in [5.74, 6) is 0.921. The molecule has 0 unspecified atom stereocenters. The molecule has 1 rings (SSSR count). The summed E-state index contributed by atoms with van der Waals surface area (Å²) in [5, 5.41) is 11.9. The Morgan fingerprint density at radius 2 is 2.12 bits per heavy atom. The zero-order valence-electron chi connectivity index (χ0n) is 10.6. The van der Waals surface area contributed by atoms with Gasteiger partial charge in [-0.05, 0) is 32.4 Å². The minimum atomic E-state index is 0.272. The van der Waals surface area contributed by atoms with E-state index in [1.54, 1.807) is 7.11 Å². The molecule has 1 aromatic carbocycles.